The number of nitrogens with zero attached hydrogens (tertiary/aromatic N) is 2. The zero-order valence-corrected chi connectivity index (χ0v) is 19.2. The third-order valence-electron chi connectivity index (χ3n) is 5.18. The van der Waals surface area contributed by atoms with Gasteiger partial charge < -0.3 is 19.5 Å². The molecule has 0 spiro atoms. The molecular formula is C21H20ClN3O6S. The molecule has 0 bridgehead atoms. The highest BCUT2D eigenvalue weighted by Crippen LogP contribution is 2.36. The van der Waals surface area contributed by atoms with Crippen LogP contribution in [0.1, 0.15) is 27.5 Å². The highest BCUT2D eigenvalue weighted by molar-refractivity contribution is 7.20. The highest BCUT2D eigenvalue weighted by atomic mass is 35.5. The van der Waals surface area contributed by atoms with Crippen molar-refractivity contribution in [3.8, 4) is 11.5 Å². The number of anilines is 1. The Morgan fingerprint density at radius 3 is 2.72 bits per heavy atom. The van der Waals surface area contributed by atoms with Crippen LogP contribution in [0.2, 0.25) is 5.02 Å². The van der Waals surface area contributed by atoms with Gasteiger partial charge in [-0.1, -0.05) is 11.6 Å². The second-order valence-electron chi connectivity index (χ2n) is 7.14. The third kappa shape index (κ3) is 3.91. The Bertz CT molecular complexity index is 1300. The van der Waals surface area contributed by atoms with Gasteiger partial charge in [-0.15, -0.1) is 11.3 Å². The molecule has 1 amide bonds. The van der Waals surface area contributed by atoms with Crippen LogP contribution in [-0.2, 0) is 22.5 Å². The lowest BCUT2D eigenvalue weighted by Gasteiger charge is -2.13. The number of hydrogen-bond acceptors (Lipinski definition) is 8. The van der Waals surface area contributed by atoms with Gasteiger partial charge in [0.1, 0.15) is 27.0 Å². The van der Waals surface area contributed by atoms with E-state index in [0.717, 1.165) is 30.0 Å². The molecule has 0 atom stereocenters. The van der Waals surface area contributed by atoms with E-state index in [1.807, 2.05) is 0 Å². The first-order valence-corrected chi connectivity index (χ1v) is 10.9. The number of rotatable bonds is 6. The molecule has 0 fully saturated rings. The number of aromatic nitrogens is 2. The van der Waals surface area contributed by atoms with Gasteiger partial charge >= 0.3 is 5.97 Å². The lowest BCUT2D eigenvalue weighted by atomic mass is 10.2. The lowest BCUT2D eigenvalue weighted by molar-refractivity contribution is -0.119. The number of esters is 1. The number of fused-ring (bicyclic) bond motifs is 2. The molecule has 3 aromatic rings. The van der Waals surface area contributed by atoms with Crippen LogP contribution >= 0.6 is 22.9 Å². The molecule has 0 aliphatic carbocycles. The Morgan fingerprint density at radius 1 is 1.25 bits per heavy atom. The quantitative estimate of drug-likeness (QED) is 0.543. The first kappa shape index (κ1) is 22.1. The summed E-state index contributed by atoms with van der Waals surface area (Å²) >= 11 is 7.16. The standard InChI is InChI=1S/C21H20ClN3O6S/c1-10-17-19(24-15-5-4-6-25(15)20(17)27)32-18(10)21(28)31-9-16(26)23-12-8-13(29-2)11(22)7-14(12)30-3/h7-8H,4-6,9H2,1-3H3,(H,23,26). The summed E-state index contributed by atoms with van der Waals surface area (Å²) in [5.41, 5.74) is 0.690. The van der Waals surface area contributed by atoms with Crippen LogP contribution < -0.4 is 20.3 Å². The maximum atomic E-state index is 12.8. The maximum Gasteiger partial charge on any atom is 0.349 e. The molecular weight excluding hydrogens is 458 g/mol. The van der Waals surface area contributed by atoms with Crippen molar-refractivity contribution in [1.29, 1.82) is 0 Å². The molecule has 4 rings (SSSR count). The fourth-order valence-corrected chi connectivity index (χ4v) is 4.93. The SMILES string of the molecule is COc1cc(NC(=O)COC(=O)c2sc3nc4n(c(=O)c3c2C)CCC4)c(OC)cc1Cl. The van der Waals surface area contributed by atoms with Crippen LogP contribution in [0.5, 0.6) is 11.5 Å². The smallest absolute Gasteiger partial charge is 0.349 e. The van der Waals surface area contributed by atoms with Crippen molar-refractivity contribution >= 4 is 50.7 Å². The van der Waals surface area contributed by atoms with Crippen LogP contribution in [0.3, 0.4) is 0 Å². The Kier molecular flexibility index (Phi) is 6.07. The van der Waals surface area contributed by atoms with E-state index in [9.17, 15) is 14.4 Å². The molecule has 0 saturated heterocycles. The fourth-order valence-electron chi connectivity index (χ4n) is 3.61. The monoisotopic (exact) mass is 477 g/mol. The Labute approximate surface area is 191 Å². The molecule has 0 unspecified atom stereocenters. The summed E-state index contributed by atoms with van der Waals surface area (Å²) in [4.78, 5) is 43.1. The number of hydrogen-bond donors (Lipinski definition) is 1. The molecule has 32 heavy (non-hydrogen) atoms. The first-order valence-electron chi connectivity index (χ1n) is 9.75. The molecule has 0 saturated carbocycles. The predicted molar refractivity (Wildman–Crippen MR) is 120 cm³/mol. The number of nitrogens with one attached hydrogen (secondary N) is 1. The van der Waals surface area contributed by atoms with Gasteiger partial charge in [0, 0.05) is 25.1 Å². The predicted octanol–water partition coefficient (Wildman–Crippen LogP) is 3.18. The van der Waals surface area contributed by atoms with Crippen LogP contribution in [0, 0.1) is 6.92 Å². The fraction of sp³-hybridized carbons (Fsp3) is 0.333. The van der Waals surface area contributed by atoms with E-state index in [0.29, 0.717) is 44.5 Å². The summed E-state index contributed by atoms with van der Waals surface area (Å²) in [6.45, 7) is 1.79. The van der Waals surface area contributed by atoms with E-state index >= 15 is 0 Å². The zero-order chi connectivity index (χ0) is 23.0. The van der Waals surface area contributed by atoms with E-state index in [1.165, 1.54) is 26.4 Å². The molecule has 1 aliphatic rings. The maximum absolute atomic E-state index is 12.8. The lowest BCUT2D eigenvalue weighted by Crippen LogP contribution is -2.22. The molecule has 11 heteroatoms. The van der Waals surface area contributed by atoms with Gasteiger partial charge in [-0.2, -0.15) is 0 Å². The van der Waals surface area contributed by atoms with Crippen molar-refractivity contribution in [3.05, 3.63) is 43.8 Å². The summed E-state index contributed by atoms with van der Waals surface area (Å²) < 4.78 is 17.2. The van der Waals surface area contributed by atoms with E-state index in [-0.39, 0.29) is 10.4 Å². The largest absolute Gasteiger partial charge is 0.495 e. The van der Waals surface area contributed by atoms with Gasteiger partial charge in [0.25, 0.3) is 11.5 Å². The van der Waals surface area contributed by atoms with Gasteiger partial charge in [-0.3, -0.25) is 14.2 Å². The number of carbonyl (C=O) groups excluding carboxylic acids is 2. The number of amides is 1. The van der Waals surface area contributed by atoms with Crippen LogP contribution in [0.15, 0.2) is 16.9 Å². The van der Waals surface area contributed by atoms with Crippen molar-refractivity contribution in [2.45, 2.75) is 26.3 Å². The Hall–Kier alpha value is -3.11. The minimum Gasteiger partial charge on any atom is -0.495 e. The molecule has 168 valence electrons. The van der Waals surface area contributed by atoms with E-state index < -0.39 is 18.5 Å². The molecule has 0 radical (unpaired) electrons. The van der Waals surface area contributed by atoms with Crippen molar-refractivity contribution in [3.63, 3.8) is 0 Å². The average molecular weight is 478 g/mol. The van der Waals surface area contributed by atoms with E-state index in [1.54, 1.807) is 11.5 Å². The van der Waals surface area contributed by atoms with E-state index in [4.69, 9.17) is 25.8 Å². The summed E-state index contributed by atoms with van der Waals surface area (Å²) in [7, 11) is 2.88. The van der Waals surface area contributed by atoms with Gasteiger partial charge in [0.2, 0.25) is 0 Å². The Balaban J connectivity index is 1.49. The third-order valence-corrected chi connectivity index (χ3v) is 6.64. The topological polar surface area (TPSA) is 109 Å². The number of methoxy groups -OCH3 is 2. The van der Waals surface area contributed by atoms with Gasteiger partial charge in [0.05, 0.1) is 30.3 Å². The Morgan fingerprint density at radius 2 is 2.00 bits per heavy atom. The second kappa shape index (κ2) is 8.79. The van der Waals surface area contributed by atoms with Gasteiger partial charge in [-0.25, -0.2) is 9.78 Å². The van der Waals surface area contributed by atoms with E-state index in [2.05, 4.69) is 10.3 Å². The number of carbonyl (C=O) groups is 2. The van der Waals surface area contributed by atoms with Crippen molar-refractivity contribution in [2.24, 2.45) is 0 Å². The molecule has 9 nitrogen and oxygen atoms in total. The summed E-state index contributed by atoms with van der Waals surface area (Å²) in [5.74, 6) is 0.153. The number of benzene rings is 1. The molecule has 1 aromatic carbocycles. The summed E-state index contributed by atoms with van der Waals surface area (Å²) in [6, 6.07) is 3.01. The van der Waals surface area contributed by atoms with Crippen LogP contribution in [0.4, 0.5) is 5.69 Å². The van der Waals surface area contributed by atoms with Crippen molar-refractivity contribution in [2.75, 3.05) is 26.1 Å². The average Bonchev–Trinajstić information content (AvgIpc) is 3.38. The number of aryl methyl sites for hydroxylation is 2. The summed E-state index contributed by atoms with van der Waals surface area (Å²) in [5, 5.41) is 3.36. The molecule has 1 aliphatic heterocycles. The first-order chi connectivity index (χ1) is 15.3. The minimum atomic E-state index is -0.689. The molecule has 1 N–H and O–H groups in total. The normalized spacial score (nSPS) is 12.5. The minimum absolute atomic E-state index is 0.142. The second-order valence-corrected chi connectivity index (χ2v) is 8.54. The van der Waals surface area contributed by atoms with Gasteiger partial charge in [-0.05, 0) is 18.9 Å². The van der Waals surface area contributed by atoms with Gasteiger partial charge in [0.15, 0.2) is 6.61 Å². The van der Waals surface area contributed by atoms with Crippen molar-refractivity contribution < 1.29 is 23.8 Å². The zero-order valence-electron chi connectivity index (χ0n) is 17.6. The molecule has 2 aromatic heterocycles. The summed E-state index contributed by atoms with van der Waals surface area (Å²) in [6.07, 6.45) is 1.62. The molecule has 3 heterocycles. The van der Waals surface area contributed by atoms with Crippen molar-refractivity contribution in [1.82, 2.24) is 9.55 Å². The number of ether oxygens (including phenoxy) is 3. The number of halogens is 1. The number of thiophene rings is 1. The highest BCUT2D eigenvalue weighted by Gasteiger charge is 2.24. The van der Waals surface area contributed by atoms with Crippen LogP contribution in [-0.4, -0.2) is 42.3 Å². The van der Waals surface area contributed by atoms with Crippen LogP contribution in [0.25, 0.3) is 10.2 Å².